The summed E-state index contributed by atoms with van der Waals surface area (Å²) in [5, 5.41) is 4.86. The Bertz CT molecular complexity index is 1010. The minimum absolute atomic E-state index is 0.153. The molecule has 0 radical (unpaired) electrons. The predicted molar refractivity (Wildman–Crippen MR) is 110 cm³/mol. The second-order valence-electron chi connectivity index (χ2n) is 6.69. The molecular weight excluding hydrogens is 374 g/mol. The number of fused-ring (bicyclic) bond motifs is 1. The lowest BCUT2D eigenvalue weighted by atomic mass is 10.1. The Morgan fingerprint density at radius 2 is 1.89 bits per heavy atom. The molecule has 1 amide bonds. The van der Waals surface area contributed by atoms with Crippen molar-refractivity contribution in [3.05, 3.63) is 69.4 Å². The molecule has 1 N–H and O–H groups in total. The van der Waals surface area contributed by atoms with Gasteiger partial charge in [0.1, 0.15) is 25.6 Å². The number of ether oxygens (including phenoxy) is 3. The number of hydrogen-bond acceptors (Lipinski definition) is 5. The number of benzene rings is 2. The minimum Gasteiger partial charge on any atom is -0.489 e. The Balaban J connectivity index is 1.39. The van der Waals surface area contributed by atoms with Crippen LogP contribution in [0.5, 0.6) is 17.2 Å². The molecule has 0 bridgehead atoms. The summed E-state index contributed by atoms with van der Waals surface area (Å²) < 4.78 is 17.0. The van der Waals surface area contributed by atoms with E-state index in [1.54, 1.807) is 6.07 Å². The first kappa shape index (κ1) is 18.4. The van der Waals surface area contributed by atoms with Crippen LogP contribution in [-0.2, 0) is 6.61 Å². The van der Waals surface area contributed by atoms with Gasteiger partial charge in [0.05, 0.1) is 4.88 Å². The number of anilines is 1. The topological polar surface area (TPSA) is 56.8 Å². The van der Waals surface area contributed by atoms with Crippen LogP contribution in [0.15, 0.2) is 47.8 Å². The number of rotatable bonds is 5. The molecular formula is C22H21NO4S. The Kier molecular flexibility index (Phi) is 5.21. The summed E-state index contributed by atoms with van der Waals surface area (Å²) >= 11 is 1.40. The number of carbonyl (C=O) groups is 1. The summed E-state index contributed by atoms with van der Waals surface area (Å²) in [6, 6.07) is 13.4. The average molecular weight is 395 g/mol. The van der Waals surface area contributed by atoms with E-state index in [1.807, 2.05) is 49.6 Å². The molecule has 0 spiro atoms. The summed E-state index contributed by atoms with van der Waals surface area (Å²) in [6.07, 6.45) is 0. The normalized spacial score (nSPS) is 12.5. The third kappa shape index (κ3) is 4.12. The predicted octanol–water partition coefficient (Wildman–Crippen LogP) is 4.97. The molecule has 1 aliphatic heterocycles. The zero-order valence-corrected chi connectivity index (χ0v) is 16.6. The zero-order valence-electron chi connectivity index (χ0n) is 15.8. The lowest BCUT2D eigenvalue weighted by molar-refractivity contribution is 0.103. The highest BCUT2D eigenvalue weighted by Crippen LogP contribution is 2.33. The highest BCUT2D eigenvalue weighted by Gasteiger charge is 2.14. The minimum atomic E-state index is -0.153. The van der Waals surface area contributed by atoms with Gasteiger partial charge in [0, 0.05) is 17.3 Å². The molecule has 0 aliphatic carbocycles. The van der Waals surface area contributed by atoms with Crippen molar-refractivity contribution in [2.75, 3.05) is 18.5 Å². The van der Waals surface area contributed by atoms with E-state index >= 15 is 0 Å². The average Bonchev–Trinajstić information content (AvgIpc) is 3.18. The van der Waals surface area contributed by atoms with E-state index < -0.39 is 0 Å². The van der Waals surface area contributed by atoms with E-state index in [1.165, 1.54) is 11.3 Å². The van der Waals surface area contributed by atoms with Gasteiger partial charge in [0.25, 0.3) is 5.91 Å². The molecule has 0 saturated heterocycles. The first-order valence-electron chi connectivity index (χ1n) is 9.07. The van der Waals surface area contributed by atoms with Gasteiger partial charge in [0.2, 0.25) is 0 Å². The quantitative estimate of drug-likeness (QED) is 0.663. The van der Waals surface area contributed by atoms with Crippen LogP contribution in [0.2, 0.25) is 0 Å². The standard InChI is InChI=1S/C22H21NO4S/c1-14-3-4-15(2)19(9-14)27-12-16-10-21(28-13-16)22(24)23-17-5-6-18-20(11-17)26-8-7-25-18/h3-6,9-11,13H,7-8,12H2,1-2H3,(H,23,24). The maximum atomic E-state index is 12.6. The molecule has 2 heterocycles. The Morgan fingerprint density at radius 3 is 2.75 bits per heavy atom. The fourth-order valence-electron chi connectivity index (χ4n) is 2.91. The number of nitrogens with one attached hydrogen (secondary N) is 1. The number of carbonyl (C=O) groups excluding carboxylic acids is 1. The third-order valence-electron chi connectivity index (χ3n) is 4.42. The molecule has 0 fully saturated rings. The summed E-state index contributed by atoms with van der Waals surface area (Å²) in [5.41, 5.74) is 3.90. The fourth-order valence-corrected chi connectivity index (χ4v) is 3.70. The highest BCUT2D eigenvalue weighted by atomic mass is 32.1. The van der Waals surface area contributed by atoms with Crippen LogP contribution < -0.4 is 19.5 Å². The Hall–Kier alpha value is -2.99. The van der Waals surface area contributed by atoms with Crippen molar-refractivity contribution in [3.63, 3.8) is 0 Å². The summed E-state index contributed by atoms with van der Waals surface area (Å²) in [6.45, 7) is 5.55. The second kappa shape index (κ2) is 7.94. The third-order valence-corrected chi connectivity index (χ3v) is 5.39. The molecule has 1 aliphatic rings. The number of amides is 1. The molecule has 6 heteroatoms. The van der Waals surface area contributed by atoms with E-state index in [0.29, 0.717) is 41.9 Å². The fraction of sp³-hybridized carbons (Fsp3) is 0.227. The van der Waals surface area contributed by atoms with Crippen molar-refractivity contribution >= 4 is 22.9 Å². The van der Waals surface area contributed by atoms with Gasteiger partial charge in [-0.15, -0.1) is 11.3 Å². The van der Waals surface area contributed by atoms with Gasteiger partial charge in [-0.1, -0.05) is 12.1 Å². The van der Waals surface area contributed by atoms with Crippen LogP contribution in [0.4, 0.5) is 5.69 Å². The first-order valence-corrected chi connectivity index (χ1v) is 9.95. The van der Waals surface area contributed by atoms with E-state index in [0.717, 1.165) is 22.4 Å². The van der Waals surface area contributed by atoms with Crippen molar-refractivity contribution in [2.24, 2.45) is 0 Å². The van der Waals surface area contributed by atoms with Gasteiger partial charge in [-0.3, -0.25) is 4.79 Å². The van der Waals surface area contributed by atoms with Gasteiger partial charge in [-0.25, -0.2) is 0 Å². The first-order chi connectivity index (χ1) is 13.6. The molecule has 1 aromatic heterocycles. The maximum absolute atomic E-state index is 12.6. The van der Waals surface area contributed by atoms with Crippen LogP contribution in [0.1, 0.15) is 26.4 Å². The van der Waals surface area contributed by atoms with Crippen LogP contribution in [0.3, 0.4) is 0 Å². The van der Waals surface area contributed by atoms with E-state index in [-0.39, 0.29) is 5.91 Å². The second-order valence-corrected chi connectivity index (χ2v) is 7.60. The van der Waals surface area contributed by atoms with Crippen molar-refractivity contribution in [3.8, 4) is 17.2 Å². The molecule has 28 heavy (non-hydrogen) atoms. The van der Waals surface area contributed by atoms with Crippen molar-refractivity contribution in [2.45, 2.75) is 20.5 Å². The van der Waals surface area contributed by atoms with Crippen molar-refractivity contribution in [1.82, 2.24) is 0 Å². The maximum Gasteiger partial charge on any atom is 0.265 e. The zero-order chi connectivity index (χ0) is 19.5. The largest absolute Gasteiger partial charge is 0.489 e. The lowest BCUT2D eigenvalue weighted by Crippen LogP contribution is -2.16. The number of aryl methyl sites for hydroxylation is 2. The van der Waals surface area contributed by atoms with Crippen LogP contribution in [0, 0.1) is 13.8 Å². The van der Waals surface area contributed by atoms with Gasteiger partial charge >= 0.3 is 0 Å². The van der Waals surface area contributed by atoms with Gasteiger partial charge in [-0.2, -0.15) is 0 Å². The van der Waals surface area contributed by atoms with Crippen molar-refractivity contribution in [1.29, 1.82) is 0 Å². The highest BCUT2D eigenvalue weighted by molar-refractivity contribution is 7.12. The Labute approximate surface area is 167 Å². The molecule has 144 valence electrons. The molecule has 5 nitrogen and oxygen atoms in total. The molecule has 0 unspecified atom stereocenters. The molecule has 0 saturated carbocycles. The van der Waals surface area contributed by atoms with Crippen LogP contribution in [0.25, 0.3) is 0 Å². The smallest absolute Gasteiger partial charge is 0.265 e. The van der Waals surface area contributed by atoms with Gasteiger partial charge in [-0.05, 0) is 54.6 Å². The van der Waals surface area contributed by atoms with Gasteiger partial charge in [0.15, 0.2) is 11.5 Å². The van der Waals surface area contributed by atoms with E-state index in [9.17, 15) is 4.79 Å². The summed E-state index contributed by atoms with van der Waals surface area (Å²) in [4.78, 5) is 13.2. The number of hydrogen-bond donors (Lipinski definition) is 1. The molecule has 3 aromatic rings. The monoisotopic (exact) mass is 395 g/mol. The van der Waals surface area contributed by atoms with E-state index in [2.05, 4.69) is 11.4 Å². The van der Waals surface area contributed by atoms with E-state index in [4.69, 9.17) is 14.2 Å². The van der Waals surface area contributed by atoms with Crippen LogP contribution in [-0.4, -0.2) is 19.1 Å². The molecule has 4 rings (SSSR count). The summed E-state index contributed by atoms with van der Waals surface area (Å²) in [5.74, 6) is 2.07. The Morgan fingerprint density at radius 1 is 1.07 bits per heavy atom. The summed E-state index contributed by atoms with van der Waals surface area (Å²) in [7, 11) is 0. The SMILES string of the molecule is Cc1ccc(C)c(OCc2csc(C(=O)Nc3ccc4c(c3)OCCO4)c2)c1. The number of thiophene rings is 1. The lowest BCUT2D eigenvalue weighted by Gasteiger charge is -2.18. The van der Waals surface area contributed by atoms with Crippen LogP contribution >= 0.6 is 11.3 Å². The molecule has 2 aromatic carbocycles. The molecule has 0 atom stereocenters. The van der Waals surface area contributed by atoms with Crippen molar-refractivity contribution < 1.29 is 19.0 Å². The van der Waals surface area contributed by atoms with Gasteiger partial charge < -0.3 is 19.5 Å².